The van der Waals surface area contributed by atoms with E-state index in [0.717, 1.165) is 39.5 Å². The molecule has 3 aromatic heterocycles. The van der Waals surface area contributed by atoms with Crippen molar-refractivity contribution < 1.29 is 4.52 Å². The zero-order valence-electron chi connectivity index (χ0n) is 13.1. The van der Waals surface area contributed by atoms with Gasteiger partial charge in [-0.1, -0.05) is 10.4 Å². The molecule has 1 saturated carbocycles. The second-order valence-electron chi connectivity index (χ2n) is 6.27. The van der Waals surface area contributed by atoms with Crippen LogP contribution in [-0.2, 0) is 6.54 Å². The van der Waals surface area contributed by atoms with Crippen molar-refractivity contribution >= 4 is 22.4 Å². The smallest absolute Gasteiger partial charge is 0.258 e. The summed E-state index contributed by atoms with van der Waals surface area (Å²) in [5.41, 5.74) is 3.94. The van der Waals surface area contributed by atoms with Crippen LogP contribution < -0.4 is 0 Å². The van der Waals surface area contributed by atoms with Gasteiger partial charge in [0.25, 0.3) is 5.89 Å². The number of nitrogens with zero attached hydrogens (tertiary/aromatic N) is 5. The van der Waals surface area contributed by atoms with E-state index in [2.05, 4.69) is 26.5 Å². The summed E-state index contributed by atoms with van der Waals surface area (Å²) in [6.45, 7) is 3.00. The number of aromatic nitrogens is 5. The lowest BCUT2D eigenvalue weighted by Gasteiger charge is -2.00. The van der Waals surface area contributed by atoms with Gasteiger partial charge >= 0.3 is 0 Å². The molecule has 6 nitrogen and oxygen atoms in total. The molecule has 4 aromatic rings. The second kappa shape index (κ2) is 5.24. The monoisotopic (exact) mass is 337 g/mol. The van der Waals surface area contributed by atoms with Crippen molar-refractivity contribution in [1.29, 1.82) is 0 Å². The molecule has 120 valence electrons. The van der Waals surface area contributed by atoms with Gasteiger partial charge < -0.3 is 4.52 Å². The molecule has 1 aromatic carbocycles. The van der Waals surface area contributed by atoms with E-state index in [4.69, 9.17) is 4.52 Å². The van der Waals surface area contributed by atoms with Crippen LogP contribution in [0.2, 0.25) is 0 Å². The second-order valence-corrected chi connectivity index (χ2v) is 7.19. The third kappa shape index (κ3) is 2.32. The molecule has 24 heavy (non-hydrogen) atoms. The van der Waals surface area contributed by atoms with E-state index in [1.807, 2.05) is 35.2 Å². The first-order valence-corrected chi connectivity index (χ1v) is 8.88. The Bertz CT molecular complexity index is 1030. The van der Waals surface area contributed by atoms with E-state index >= 15 is 0 Å². The molecule has 0 atom stereocenters. The van der Waals surface area contributed by atoms with Crippen molar-refractivity contribution in [3.05, 3.63) is 35.2 Å². The zero-order valence-corrected chi connectivity index (χ0v) is 14.0. The fraction of sp³-hybridized carbons (Fsp3) is 0.294. The number of benzene rings is 1. The molecule has 1 aliphatic rings. The SMILES string of the molecule is Cc1ccsc1-c1noc(-c2ccc3c(c2)nnn3CC2CC2)n1. The Kier molecular flexibility index (Phi) is 3.02. The normalized spacial score (nSPS) is 14.5. The lowest BCUT2D eigenvalue weighted by molar-refractivity contribution is 0.432. The summed E-state index contributed by atoms with van der Waals surface area (Å²) in [7, 11) is 0. The maximum absolute atomic E-state index is 5.45. The van der Waals surface area contributed by atoms with Gasteiger partial charge in [0, 0.05) is 12.1 Å². The Morgan fingerprint density at radius 3 is 3.00 bits per heavy atom. The minimum Gasteiger partial charge on any atom is -0.334 e. The highest BCUT2D eigenvalue weighted by molar-refractivity contribution is 7.13. The Balaban J connectivity index is 1.50. The van der Waals surface area contributed by atoms with E-state index in [9.17, 15) is 0 Å². The molecule has 7 heteroatoms. The predicted molar refractivity (Wildman–Crippen MR) is 91.6 cm³/mol. The molecule has 1 fully saturated rings. The fourth-order valence-electron chi connectivity index (χ4n) is 2.82. The summed E-state index contributed by atoms with van der Waals surface area (Å²) in [5, 5.41) is 14.7. The topological polar surface area (TPSA) is 69.6 Å². The van der Waals surface area contributed by atoms with Crippen molar-refractivity contribution in [2.24, 2.45) is 5.92 Å². The van der Waals surface area contributed by atoms with Gasteiger partial charge in [-0.05, 0) is 60.9 Å². The number of rotatable bonds is 4. The van der Waals surface area contributed by atoms with E-state index in [-0.39, 0.29) is 0 Å². The Labute approximate surface area is 142 Å². The zero-order chi connectivity index (χ0) is 16.1. The molecule has 0 saturated heterocycles. The van der Waals surface area contributed by atoms with Crippen molar-refractivity contribution in [2.75, 3.05) is 0 Å². The molecule has 0 radical (unpaired) electrons. The van der Waals surface area contributed by atoms with Crippen molar-refractivity contribution in [2.45, 2.75) is 26.3 Å². The van der Waals surface area contributed by atoms with Crippen LogP contribution in [0, 0.1) is 12.8 Å². The van der Waals surface area contributed by atoms with Gasteiger partial charge in [-0.2, -0.15) is 4.98 Å². The number of hydrogen-bond acceptors (Lipinski definition) is 6. The summed E-state index contributed by atoms with van der Waals surface area (Å²) >= 11 is 1.62. The van der Waals surface area contributed by atoms with Crippen LogP contribution >= 0.6 is 11.3 Å². The molecule has 1 aliphatic carbocycles. The van der Waals surface area contributed by atoms with Crippen molar-refractivity contribution in [1.82, 2.24) is 25.1 Å². The van der Waals surface area contributed by atoms with E-state index in [1.54, 1.807) is 11.3 Å². The summed E-state index contributed by atoms with van der Waals surface area (Å²) < 4.78 is 7.44. The van der Waals surface area contributed by atoms with Crippen LogP contribution in [0.15, 0.2) is 34.2 Å². The maximum Gasteiger partial charge on any atom is 0.258 e. The molecular weight excluding hydrogens is 322 g/mol. The fourth-order valence-corrected chi connectivity index (χ4v) is 3.67. The Morgan fingerprint density at radius 2 is 2.21 bits per heavy atom. The number of aryl methyl sites for hydroxylation is 1. The first-order chi connectivity index (χ1) is 11.8. The number of fused-ring (bicyclic) bond motifs is 1. The van der Waals surface area contributed by atoms with Crippen LogP contribution in [-0.4, -0.2) is 25.1 Å². The molecule has 0 N–H and O–H groups in total. The first kappa shape index (κ1) is 13.9. The summed E-state index contributed by atoms with van der Waals surface area (Å²) in [6, 6.07) is 8.05. The lowest BCUT2D eigenvalue weighted by atomic mass is 10.2. The van der Waals surface area contributed by atoms with Gasteiger partial charge in [0.1, 0.15) is 5.52 Å². The molecule has 3 heterocycles. The third-order valence-corrected chi connectivity index (χ3v) is 5.39. The standard InChI is InChI=1S/C17H15N5OS/c1-10-6-7-24-15(10)16-18-17(23-20-16)12-4-5-14-13(8-12)19-21-22(14)9-11-2-3-11/h4-8,11H,2-3,9H2,1H3. The van der Waals surface area contributed by atoms with Gasteiger partial charge in [-0.15, -0.1) is 16.4 Å². The lowest BCUT2D eigenvalue weighted by Crippen LogP contribution is -2.01. The van der Waals surface area contributed by atoms with Gasteiger partial charge in [0.15, 0.2) is 0 Å². The van der Waals surface area contributed by atoms with Gasteiger partial charge in [-0.25, -0.2) is 4.68 Å². The largest absolute Gasteiger partial charge is 0.334 e. The van der Waals surface area contributed by atoms with Crippen LogP contribution in [0.3, 0.4) is 0 Å². The quantitative estimate of drug-likeness (QED) is 0.564. The van der Waals surface area contributed by atoms with Crippen LogP contribution in [0.25, 0.3) is 33.2 Å². The predicted octanol–water partition coefficient (Wildman–Crippen LogP) is 3.93. The van der Waals surface area contributed by atoms with Crippen molar-refractivity contribution in [3.8, 4) is 22.2 Å². The molecule has 0 bridgehead atoms. The van der Waals surface area contributed by atoms with Gasteiger partial charge in [0.2, 0.25) is 5.82 Å². The Morgan fingerprint density at radius 1 is 1.29 bits per heavy atom. The van der Waals surface area contributed by atoms with Crippen LogP contribution in [0.4, 0.5) is 0 Å². The average molecular weight is 337 g/mol. The van der Waals surface area contributed by atoms with E-state index in [1.165, 1.54) is 12.8 Å². The molecule has 0 spiro atoms. The average Bonchev–Trinajstić information content (AvgIpc) is 2.99. The highest BCUT2D eigenvalue weighted by Crippen LogP contribution is 2.32. The number of hydrogen-bond donors (Lipinski definition) is 0. The molecule has 0 amide bonds. The maximum atomic E-state index is 5.45. The van der Waals surface area contributed by atoms with Crippen LogP contribution in [0.1, 0.15) is 18.4 Å². The first-order valence-electron chi connectivity index (χ1n) is 8.00. The van der Waals surface area contributed by atoms with Crippen molar-refractivity contribution in [3.63, 3.8) is 0 Å². The molecule has 5 rings (SSSR count). The Hall–Kier alpha value is -2.54. The van der Waals surface area contributed by atoms with Gasteiger partial charge in [-0.3, -0.25) is 0 Å². The summed E-state index contributed by atoms with van der Waals surface area (Å²) in [4.78, 5) is 5.58. The van der Waals surface area contributed by atoms with Gasteiger partial charge in [0.05, 0.1) is 10.4 Å². The summed E-state index contributed by atoms with van der Waals surface area (Å²) in [5.74, 6) is 1.91. The van der Waals surface area contributed by atoms with Crippen LogP contribution in [0.5, 0.6) is 0 Å². The minimum absolute atomic E-state index is 0.511. The summed E-state index contributed by atoms with van der Waals surface area (Å²) in [6.07, 6.45) is 2.60. The van der Waals surface area contributed by atoms with E-state index in [0.29, 0.717) is 11.7 Å². The third-order valence-electron chi connectivity index (χ3n) is 4.38. The van der Waals surface area contributed by atoms with E-state index < -0.39 is 0 Å². The minimum atomic E-state index is 0.511. The molecule has 0 unspecified atom stereocenters. The highest BCUT2D eigenvalue weighted by atomic mass is 32.1. The molecular formula is C17H15N5OS. The molecule has 0 aliphatic heterocycles. The highest BCUT2D eigenvalue weighted by Gasteiger charge is 2.23. The number of thiophene rings is 1.